The Hall–Kier alpha value is -2.46. The second-order valence-electron chi connectivity index (χ2n) is 5.88. The second kappa shape index (κ2) is 5.32. The molecule has 4 rings (SSSR count). The lowest BCUT2D eigenvalue weighted by atomic mass is 10.0. The first-order chi connectivity index (χ1) is 11.1. The van der Waals surface area contributed by atoms with Crippen molar-refractivity contribution in [3.05, 3.63) is 70.5 Å². The van der Waals surface area contributed by atoms with Crippen LogP contribution in [0.5, 0.6) is 0 Å². The summed E-state index contributed by atoms with van der Waals surface area (Å²) in [6, 6.07) is 13.9. The molecule has 2 aromatic carbocycles. The van der Waals surface area contributed by atoms with Crippen LogP contribution in [0.3, 0.4) is 0 Å². The van der Waals surface area contributed by atoms with E-state index in [-0.39, 0.29) is 6.17 Å². The zero-order valence-corrected chi connectivity index (χ0v) is 13.5. The van der Waals surface area contributed by atoms with Gasteiger partial charge in [0, 0.05) is 34.7 Å². The molecule has 0 saturated heterocycles. The summed E-state index contributed by atoms with van der Waals surface area (Å²) in [6.45, 7) is 2.10. The van der Waals surface area contributed by atoms with Gasteiger partial charge < -0.3 is 10.6 Å². The minimum absolute atomic E-state index is 0.122. The zero-order chi connectivity index (χ0) is 16.0. The molecule has 0 aliphatic carbocycles. The Bertz CT molecular complexity index is 810. The van der Waals surface area contributed by atoms with Crippen molar-refractivity contribution >= 4 is 29.2 Å². The summed E-state index contributed by atoms with van der Waals surface area (Å²) in [5.74, 6) is 0. The van der Waals surface area contributed by atoms with Crippen molar-refractivity contribution in [2.75, 3.05) is 10.6 Å². The molecule has 2 aliphatic rings. The van der Waals surface area contributed by atoms with Crippen molar-refractivity contribution in [3.8, 4) is 0 Å². The third kappa shape index (κ3) is 2.45. The highest BCUT2D eigenvalue weighted by Crippen LogP contribution is 2.34. The number of hydrogen-bond donors (Lipinski definition) is 1. The standard InChI is InChI=1S/C18H17ClN4/c1-12-11-22-18(23(12)17-6-4-16(20)5-7-17)9-13-2-3-15(19)8-14(13)10-21-22/h2-8,10-11,18H,9,20H2,1H3. The van der Waals surface area contributed by atoms with Crippen molar-refractivity contribution in [1.82, 2.24) is 5.01 Å². The number of hydrazone groups is 1. The lowest BCUT2D eigenvalue weighted by Gasteiger charge is -2.31. The number of hydrogen-bond acceptors (Lipinski definition) is 4. The molecule has 116 valence electrons. The number of benzene rings is 2. The Morgan fingerprint density at radius 1 is 1.17 bits per heavy atom. The molecule has 0 bridgehead atoms. The summed E-state index contributed by atoms with van der Waals surface area (Å²) >= 11 is 6.10. The maximum atomic E-state index is 6.10. The van der Waals surface area contributed by atoms with Gasteiger partial charge in [-0.25, -0.2) is 5.01 Å². The number of rotatable bonds is 1. The highest BCUT2D eigenvalue weighted by molar-refractivity contribution is 6.30. The van der Waals surface area contributed by atoms with E-state index in [1.165, 1.54) is 5.56 Å². The average Bonchev–Trinajstić information content (AvgIpc) is 2.73. The number of fused-ring (bicyclic) bond motifs is 2. The summed E-state index contributed by atoms with van der Waals surface area (Å²) < 4.78 is 0. The van der Waals surface area contributed by atoms with Gasteiger partial charge >= 0.3 is 0 Å². The van der Waals surface area contributed by atoms with Crippen LogP contribution in [0.25, 0.3) is 0 Å². The van der Waals surface area contributed by atoms with Crippen LogP contribution in [-0.4, -0.2) is 17.4 Å². The van der Waals surface area contributed by atoms with Gasteiger partial charge in [0.2, 0.25) is 0 Å². The topological polar surface area (TPSA) is 44.9 Å². The number of allylic oxidation sites excluding steroid dienone is 1. The molecule has 4 nitrogen and oxygen atoms in total. The molecule has 2 aliphatic heterocycles. The van der Waals surface area contributed by atoms with Crippen molar-refractivity contribution in [3.63, 3.8) is 0 Å². The first kappa shape index (κ1) is 14.2. The van der Waals surface area contributed by atoms with Gasteiger partial charge in [-0.15, -0.1) is 0 Å². The fraction of sp³-hybridized carbons (Fsp3) is 0.167. The molecule has 2 heterocycles. The normalized spacial score (nSPS) is 19.2. The van der Waals surface area contributed by atoms with E-state index in [0.717, 1.165) is 34.1 Å². The van der Waals surface area contributed by atoms with Crippen molar-refractivity contribution in [1.29, 1.82) is 0 Å². The van der Waals surface area contributed by atoms with Gasteiger partial charge in [-0.3, -0.25) is 0 Å². The first-order valence-electron chi connectivity index (χ1n) is 7.56. The smallest absolute Gasteiger partial charge is 0.131 e. The highest BCUT2D eigenvalue weighted by atomic mass is 35.5. The highest BCUT2D eigenvalue weighted by Gasteiger charge is 2.33. The number of anilines is 2. The molecule has 2 aromatic rings. The molecule has 1 atom stereocenters. The zero-order valence-electron chi connectivity index (χ0n) is 12.8. The minimum Gasteiger partial charge on any atom is -0.399 e. The number of halogens is 1. The van der Waals surface area contributed by atoms with E-state index < -0.39 is 0 Å². The Kier molecular flexibility index (Phi) is 3.27. The predicted octanol–water partition coefficient (Wildman–Crippen LogP) is 3.82. The van der Waals surface area contributed by atoms with Crippen molar-refractivity contribution in [2.24, 2.45) is 5.10 Å². The van der Waals surface area contributed by atoms with Crippen LogP contribution in [0, 0.1) is 0 Å². The Balaban J connectivity index is 1.74. The largest absolute Gasteiger partial charge is 0.399 e. The Morgan fingerprint density at radius 3 is 2.74 bits per heavy atom. The van der Waals surface area contributed by atoms with Crippen LogP contribution in [-0.2, 0) is 6.42 Å². The average molecular weight is 325 g/mol. The van der Waals surface area contributed by atoms with E-state index >= 15 is 0 Å². The molecular weight excluding hydrogens is 308 g/mol. The fourth-order valence-corrected chi connectivity index (χ4v) is 3.38. The van der Waals surface area contributed by atoms with Crippen LogP contribution in [0.4, 0.5) is 11.4 Å². The van der Waals surface area contributed by atoms with Crippen LogP contribution in [0.15, 0.2) is 59.5 Å². The van der Waals surface area contributed by atoms with E-state index in [1.54, 1.807) is 0 Å². The third-order valence-corrected chi connectivity index (χ3v) is 4.55. The number of nitrogens with zero attached hydrogens (tertiary/aromatic N) is 3. The van der Waals surface area contributed by atoms with Gasteiger partial charge in [-0.1, -0.05) is 17.7 Å². The van der Waals surface area contributed by atoms with Gasteiger partial charge in [0.25, 0.3) is 0 Å². The molecule has 1 unspecified atom stereocenters. The van der Waals surface area contributed by atoms with E-state index in [2.05, 4.69) is 29.2 Å². The predicted molar refractivity (Wildman–Crippen MR) is 95.5 cm³/mol. The quantitative estimate of drug-likeness (QED) is 0.811. The molecule has 0 amide bonds. The lowest BCUT2D eigenvalue weighted by molar-refractivity contribution is 0.317. The number of nitrogens with two attached hydrogens (primary N) is 1. The van der Waals surface area contributed by atoms with Gasteiger partial charge in [0.05, 0.1) is 6.21 Å². The summed E-state index contributed by atoms with van der Waals surface area (Å²) in [7, 11) is 0. The van der Waals surface area contributed by atoms with Crippen LogP contribution in [0.1, 0.15) is 18.1 Å². The summed E-state index contributed by atoms with van der Waals surface area (Å²) in [4.78, 5) is 2.29. The van der Waals surface area contributed by atoms with Crippen LogP contribution >= 0.6 is 11.6 Å². The summed E-state index contributed by atoms with van der Waals surface area (Å²) in [5.41, 5.74) is 11.2. The maximum Gasteiger partial charge on any atom is 0.131 e. The molecule has 0 spiro atoms. The first-order valence-corrected chi connectivity index (χ1v) is 7.93. The monoisotopic (exact) mass is 324 g/mol. The maximum absolute atomic E-state index is 6.10. The summed E-state index contributed by atoms with van der Waals surface area (Å²) in [5, 5.41) is 7.37. The molecule has 23 heavy (non-hydrogen) atoms. The van der Waals surface area contributed by atoms with E-state index in [0.29, 0.717) is 0 Å². The SMILES string of the molecule is CC1=CN2N=Cc3cc(Cl)ccc3CC2N1c1ccc(N)cc1. The van der Waals surface area contributed by atoms with Crippen LogP contribution < -0.4 is 10.6 Å². The minimum atomic E-state index is 0.122. The van der Waals surface area contributed by atoms with Crippen molar-refractivity contribution in [2.45, 2.75) is 19.5 Å². The fourth-order valence-electron chi connectivity index (χ4n) is 3.20. The molecule has 0 aromatic heterocycles. The molecule has 0 fully saturated rings. The van der Waals surface area contributed by atoms with E-state index in [1.807, 2.05) is 47.6 Å². The van der Waals surface area contributed by atoms with Crippen molar-refractivity contribution < 1.29 is 0 Å². The Labute approximate surface area is 140 Å². The third-order valence-electron chi connectivity index (χ3n) is 4.31. The van der Waals surface area contributed by atoms with Gasteiger partial charge in [-0.05, 0) is 54.4 Å². The molecule has 0 saturated carbocycles. The van der Waals surface area contributed by atoms with E-state index in [4.69, 9.17) is 17.3 Å². The molecule has 0 radical (unpaired) electrons. The lowest BCUT2D eigenvalue weighted by Crippen LogP contribution is -2.38. The second-order valence-corrected chi connectivity index (χ2v) is 6.32. The Morgan fingerprint density at radius 2 is 1.96 bits per heavy atom. The number of nitrogen functional groups attached to an aromatic ring is 1. The van der Waals surface area contributed by atoms with Gasteiger partial charge in [-0.2, -0.15) is 5.10 Å². The van der Waals surface area contributed by atoms with Crippen LogP contribution in [0.2, 0.25) is 5.02 Å². The van der Waals surface area contributed by atoms with Gasteiger partial charge in [0.1, 0.15) is 6.17 Å². The molecular formula is C18H17ClN4. The molecule has 2 N–H and O–H groups in total. The van der Waals surface area contributed by atoms with Gasteiger partial charge in [0.15, 0.2) is 0 Å². The molecule has 5 heteroatoms. The summed E-state index contributed by atoms with van der Waals surface area (Å²) in [6.07, 6.45) is 4.95. The van der Waals surface area contributed by atoms with E-state index in [9.17, 15) is 0 Å².